The van der Waals surface area contributed by atoms with Crippen LogP contribution in [0, 0.1) is 5.82 Å². The fourth-order valence-electron chi connectivity index (χ4n) is 1.44. The van der Waals surface area contributed by atoms with Gasteiger partial charge in [-0.05, 0) is 18.7 Å². The Kier molecular flexibility index (Phi) is 2.41. The van der Waals surface area contributed by atoms with Gasteiger partial charge in [-0.25, -0.2) is 9.37 Å². The molecule has 0 radical (unpaired) electrons. The molecule has 1 aromatic carbocycles. The number of benzene rings is 1. The van der Waals surface area contributed by atoms with Gasteiger partial charge in [0.15, 0.2) is 0 Å². The van der Waals surface area contributed by atoms with Gasteiger partial charge in [-0.3, -0.25) is 0 Å². The van der Waals surface area contributed by atoms with Gasteiger partial charge in [0, 0.05) is 17.5 Å². The summed E-state index contributed by atoms with van der Waals surface area (Å²) in [6.45, 7) is 0.535. The summed E-state index contributed by atoms with van der Waals surface area (Å²) in [6.07, 6.45) is 0.685. The minimum Gasteiger partial charge on any atom is -0.330 e. The summed E-state index contributed by atoms with van der Waals surface area (Å²) in [5, 5.41) is 0.825. The zero-order valence-corrected chi connectivity index (χ0v) is 7.70. The third-order valence-corrected chi connectivity index (χ3v) is 2.13. The molecule has 0 unspecified atom stereocenters. The number of aromatic nitrogens is 1. The van der Waals surface area contributed by atoms with Gasteiger partial charge in [0.2, 0.25) is 0 Å². The van der Waals surface area contributed by atoms with Crippen LogP contribution in [0.25, 0.3) is 10.9 Å². The van der Waals surface area contributed by atoms with Crippen LogP contribution in [-0.2, 0) is 6.42 Å². The van der Waals surface area contributed by atoms with Crippen LogP contribution < -0.4 is 5.73 Å². The van der Waals surface area contributed by atoms with Crippen molar-refractivity contribution in [3.63, 3.8) is 0 Å². The largest absolute Gasteiger partial charge is 0.330 e. The van der Waals surface area contributed by atoms with E-state index in [1.807, 2.05) is 18.2 Å². The second-order valence-electron chi connectivity index (χ2n) is 3.15. The zero-order valence-electron chi connectivity index (χ0n) is 7.70. The standard InChI is InChI=1S/C11H11FN2/c12-10-3-1-2-8-4-5-9(6-7-13)14-11(8)10/h1-5H,6-7,13H2. The van der Waals surface area contributed by atoms with E-state index in [4.69, 9.17) is 5.73 Å². The lowest BCUT2D eigenvalue weighted by Crippen LogP contribution is -2.04. The first-order valence-electron chi connectivity index (χ1n) is 4.55. The van der Waals surface area contributed by atoms with E-state index in [-0.39, 0.29) is 5.82 Å². The van der Waals surface area contributed by atoms with Crippen molar-refractivity contribution in [3.05, 3.63) is 41.8 Å². The first-order valence-corrected chi connectivity index (χ1v) is 4.55. The molecule has 72 valence electrons. The molecule has 0 aliphatic rings. The number of pyridine rings is 1. The molecule has 0 fully saturated rings. The molecule has 2 N–H and O–H groups in total. The van der Waals surface area contributed by atoms with Crippen molar-refractivity contribution in [1.82, 2.24) is 4.98 Å². The molecular formula is C11H11FN2. The van der Waals surface area contributed by atoms with Gasteiger partial charge < -0.3 is 5.73 Å². The first kappa shape index (κ1) is 9.09. The summed E-state index contributed by atoms with van der Waals surface area (Å²) in [5.74, 6) is -0.277. The number of hydrogen-bond donors (Lipinski definition) is 1. The molecule has 0 atom stereocenters. The van der Waals surface area contributed by atoms with Gasteiger partial charge in [-0.1, -0.05) is 18.2 Å². The number of halogens is 1. The summed E-state index contributed by atoms with van der Waals surface area (Å²) in [5.41, 5.74) is 6.68. The molecule has 0 aliphatic carbocycles. The SMILES string of the molecule is NCCc1ccc2cccc(F)c2n1. The van der Waals surface area contributed by atoms with Crippen molar-refractivity contribution in [1.29, 1.82) is 0 Å². The number of para-hydroxylation sites is 1. The highest BCUT2D eigenvalue weighted by Crippen LogP contribution is 2.15. The van der Waals surface area contributed by atoms with Crippen LogP contribution >= 0.6 is 0 Å². The summed E-state index contributed by atoms with van der Waals surface area (Å²) in [6, 6.07) is 8.70. The van der Waals surface area contributed by atoms with Gasteiger partial charge in [-0.2, -0.15) is 0 Å². The van der Waals surface area contributed by atoms with E-state index < -0.39 is 0 Å². The maximum atomic E-state index is 13.3. The summed E-state index contributed by atoms with van der Waals surface area (Å²) < 4.78 is 13.3. The highest BCUT2D eigenvalue weighted by atomic mass is 19.1. The van der Waals surface area contributed by atoms with Crippen molar-refractivity contribution in [3.8, 4) is 0 Å². The Bertz CT molecular complexity index is 454. The normalized spacial score (nSPS) is 10.7. The Hall–Kier alpha value is -1.48. The van der Waals surface area contributed by atoms with Crippen molar-refractivity contribution in [2.75, 3.05) is 6.54 Å². The van der Waals surface area contributed by atoms with E-state index in [2.05, 4.69) is 4.98 Å². The molecule has 0 amide bonds. The van der Waals surface area contributed by atoms with Crippen LogP contribution in [0.5, 0.6) is 0 Å². The van der Waals surface area contributed by atoms with Gasteiger partial charge >= 0.3 is 0 Å². The van der Waals surface area contributed by atoms with Crippen LogP contribution in [0.4, 0.5) is 4.39 Å². The Morgan fingerprint density at radius 1 is 1.21 bits per heavy atom. The molecular weight excluding hydrogens is 179 g/mol. The van der Waals surface area contributed by atoms with E-state index in [0.717, 1.165) is 11.1 Å². The molecule has 2 aromatic rings. The average molecular weight is 190 g/mol. The number of fused-ring (bicyclic) bond motifs is 1. The first-order chi connectivity index (χ1) is 6.81. The molecule has 2 rings (SSSR count). The third-order valence-electron chi connectivity index (χ3n) is 2.13. The fourth-order valence-corrected chi connectivity index (χ4v) is 1.44. The summed E-state index contributed by atoms with van der Waals surface area (Å²) in [7, 11) is 0. The molecule has 0 bridgehead atoms. The third kappa shape index (κ3) is 1.59. The van der Waals surface area contributed by atoms with Gasteiger partial charge in [-0.15, -0.1) is 0 Å². The molecule has 1 aromatic heterocycles. The van der Waals surface area contributed by atoms with Crippen molar-refractivity contribution < 1.29 is 4.39 Å². The van der Waals surface area contributed by atoms with Gasteiger partial charge in [0.25, 0.3) is 0 Å². The maximum Gasteiger partial charge on any atom is 0.149 e. The lowest BCUT2D eigenvalue weighted by Gasteiger charge is -2.01. The number of rotatable bonds is 2. The van der Waals surface area contributed by atoms with Crippen LogP contribution in [0.15, 0.2) is 30.3 Å². The van der Waals surface area contributed by atoms with Crippen molar-refractivity contribution in [2.24, 2.45) is 5.73 Å². The van der Waals surface area contributed by atoms with E-state index in [1.165, 1.54) is 6.07 Å². The van der Waals surface area contributed by atoms with E-state index in [1.54, 1.807) is 6.07 Å². The lowest BCUT2D eigenvalue weighted by molar-refractivity contribution is 0.636. The average Bonchev–Trinajstić information content (AvgIpc) is 2.20. The molecule has 0 spiro atoms. The lowest BCUT2D eigenvalue weighted by atomic mass is 10.2. The number of nitrogens with two attached hydrogens (primary N) is 1. The van der Waals surface area contributed by atoms with Crippen molar-refractivity contribution in [2.45, 2.75) is 6.42 Å². The molecule has 0 aliphatic heterocycles. The minimum absolute atomic E-state index is 0.277. The molecule has 3 heteroatoms. The van der Waals surface area contributed by atoms with Crippen LogP contribution in [-0.4, -0.2) is 11.5 Å². The Labute approximate surface area is 81.6 Å². The van der Waals surface area contributed by atoms with Gasteiger partial charge in [0.05, 0.1) is 0 Å². The Morgan fingerprint density at radius 2 is 2.07 bits per heavy atom. The number of nitrogens with zero attached hydrogens (tertiary/aromatic N) is 1. The molecule has 2 nitrogen and oxygen atoms in total. The maximum absolute atomic E-state index is 13.3. The predicted octanol–water partition coefficient (Wildman–Crippen LogP) is 1.88. The highest BCUT2D eigenvalue weighted by molar-refractivity contribution is 5.79. The second-order valence-corrected chi connectivity index (χ2v) is 3.15. The topological polar surface area (TPSA) is 38.9 Å². The predicted molar refractivity (Wildman–Crippen MR) is 54.5 cm³/mol. The smallest absolute Gasteiger partial charge is 0.149 e. The Morgan fingerprint density at radius 3 is 2.86 bits per heavy atom. The van der Waals surface area contributed by atoms with E-state index in [9.17, 15) is 4.39 Å². The quantitative estimate of drug-likeness (QED) is 0.785. The summed E-state index contributed by atoms with van der Waals surface area (Å²) >= 11 is 0. The highest BCUT2D eigenvalue weighted by Gasteiger charge is 2.02. The van der Waals surface area contributed by atoms with Crippen molar-refractivity contribution >= 4 is 10.9 Å². The Balaban J connectivity index is 2.58. The molecule has 1 heterocycles. The van der Waals surface area contributed by atoms with E-state index >= 15 is 0 Å². The summed E-state index contributed by atoms with van der Waals surface area (Å²) in [4.78, 5) is 4.21. The van der Waals surface area contributed by atoms with Crippen LogP contribution in [0.1, 0.15) is 5.69 Å². The van der Waals surface area contributed by atoms with Crippen LogP contribution in [0.3, 0.4) is 0 Å². The molecule has 0 saturated carbocycles. The molecule has 0 saturated heterocycles. The van der Waals surface area contributed by atoms with E-state index in [0.29, 0.717) is 18.5 Å². The van der Waals surface area contributed by atoms with Gasteiger partial charge in [0.1, 0.15) is 11.3 Å². The minimum atomic E-state index is -0.277. The van der Waals surface area contributed by atoms with Crippen LogP contribution in [0.2, 0.25) is 0 Å². The fraction of sp³-hybridized carbons (Fsp3) is 0.182. The monoisotopic (exact) mass is 190 g/mol. The second kappa shape index (κ2) is 3.72. The zero-order chi connectivity index (χ0) is 9.97. The number of hydrogen-bond acceptors (Lipinski definition) is 2. The molecule has 14 heavy (non-hydrogen) atoms.